The summed E-state index contributed by atoms with van der Waals surface area (Å²) >= 11 is 1.66. The highest BCUT2D eigenvalue weighted by atomic mass is 32.2. The molecule has 0 aliphatic rings. The van der Waals surface area contributed by atoms with Gasteiger partial charge in [0.15, 0.2) is 0 Å². The molecule has 1 N–H and O–H groups in total. The summed E-state index contributed by atoms with van der Waals surface area (Å²) < 4.78 is 0. The minimum atomic E-state index is 0.120. The van der Waals surface area contributed by atoms with Crippen LogP contribution in [0.25, 0.3) is 0 Å². The predicted molar refractivity (Wildman–Crippen MR) is 75.4 cm³/mol. The van der Waals surface area contributed by atoms with Gasteiger partial charge in [0.05, 0.1) is 5.75 Å². The maximum absolute atomic E-state index is 11.4. The summed E-state index contributed by atoms with van der Waals surface area (Å²) in [5, 5.41) is 2.89. The van der Waals surface area contributed by atoms with Gasteiger partial charge in [0.1, 0.15) is 0 Å². The number of hydrogen-bond acceptors (Lipinski definition) is 2. The van der Waals surface area contributed by atoms with E-state index in [2.05, 4.69) is 37.4 Å². The van der Waals surface area contributed by atoms with Gasteiger partial charge in [-0.2, -0.15) is 0 Å². The van der Waals surface area contributed by atoms with Gasteiger partial charge in [-0.3, -0.25) is 4.79 Å². The molecular weight excluding hydrogens is 230 g/mol. The first-order valence-corrected chi connectivity index (χ1v) is 7.07. The molecule has 3 heteroatoms. The molecule has 0 heterocycles. The molecule has 1 aromatic rings. The number of rotatable bonds is 5. The Morgan fingerprint density at radius 2 is 1.82 bits per heavy atom. The smallest absolute Gasteiger partial charge is 0.230 e. The normalized spacial score (nSPS) is 10.6. The molecule has 0 saturated carbocycles. The van der Waals surface area contributed by atoms with Crippen LogP contribution in [0.4, 0.5) is 0 Å². The van der Waals surface area contributed by atoms with E-state index in [0.29, 0.717) is 5.75 Å². The number of carbonyl (C=O) groups is 1. The van der Waals surface area contributed by atoms with Crippen LogP contribution in [0.15, 0.2) is 18.2 Å². The fraction of sp³-hybridized carbons (Fsp3) is 0.500. The van der Waals surface area contributed by atoms with Crippen LogP contribution in [0.1, 0.15) is 30.5 Å². The monoisotopic (exact) mass is 251 g/mol. The number of carbonyl (C=O) groups excluding carboxylic acids is 1. The number of nitrogens with one attached hydrogen (secondary N) is 1. The summed E-state index contributed by atoms with van der Waals surface area (Å²) in [4.78, 5) is 11.4. The molecule has 0 saturated heterocycles. The zero-order chi connectivity index (χ0) is 12.8. The quantitative estimate of drug-likeness (QED) is 0.871. The van der Waals surface area contributed by atoms with E-state index >= 15 is 0 Å². The van der Waals surface area contributed by atoms with Crippen molar-refractivity contribution in [2.45, 2.75) is 39.5 Å². The highest BCUT2D eigenvalue weighted by Crippen LogP contribution is 2.15. The molecule has 94 valence electrons. The predicted octanol–water partition coefficient (Wildman–Crippen LogP) is 3.06. The van der Waals surface area contributed by atoms with E-state index in [-0.39, 0.29) is 11.9 Å². The average Bonchev–Trinajstić information content (AvgIpc) is 2.14. The summed E-state index contributed by atoms with van der Waals surface area (Å²) in [5.41, 5.74) is 3.87. The average molecular weight is 251 g/mol. The van der Waals surface area contributed by atoms with Gasteiger partial charge in [-0.05, 0) is 33.3 Å². The van der Waals surface area contributed by atoms with Crippen molar-refractivity contribution >= 4 is 17.7 Å². The summed E-state index contributed by atoms with van der Waals surface area (Å²) in [5.74, 6) is 1.55. The molecule has 1 rings (SSSR count). The molecule has 0 unspecified atom stereocenters. The fourth-order valence-corrected chi connectivity index (χ4v) is 2.55. The van der Waals surface area contributed by atoms with Crippen molar-refractivity contribution in [2.24, 2.45) is 0 Å². The minimum Gasteiger partial charge on any atom is -0.353 e. The molecule has 0 aliphatic heterocycles. The van der Waals surface area contributed by atoms with E-state index in [4.69, 9.17) is 0 Å². The number of aryl methyl sites for hydroxylation is 2. The lowest BCUT2D eigenvalue weighted by Crippen LogP contribution is -2.31. The van der Waals surface area contributed by atoms with E-state index in [0.717, 1.165) is 5.75 Å². The van der Waals surface area contributed by atoms with Crippen molar-refractivity contribution in [2.75, 3.05) is 5.75 Å². The molecule has 0 bridgehead atoms. The zero-order valence-electron chi connectivity index (χ0n) is 11.0. The van der Waals surface area contributed by atoms with Crippen LogP contribution in [0, 0.1) is 13.8 Å². The molecule has 0 aromatic heterocycles. The van der Waals surface area contributed by atoms with Crippen LogP contribution < -0.4 is 5.32 Å². The van der Waals surface area contributed by atoms with Crippen molar-refractivity contribution in [3.05, 3.63) is 34.9 Å². The molecule has 0 atom stereocenters. The van der Waals surface area contributed by atoms with Crippen LogP contribution in [0.3, 0.4) is 0 Å². The van der Waals surface area contributed by atoms with Crippen LogP contribution in [0.2, 0.25) is 0 Å². The van der Waals surface area contributed by atoms with Gasteiger partial charge in [-0.1, -0.05) is 29.3 Å². The topological polar surface area (TPSA) is 29.1 Å². The van der Waals surface area contributed by atoms with Gasteiger partial charge in [0.25, 0.3) is 0 Å². The second-order valence-corrected chi connectivity index (χ2v) is 5.70. The maximum atomic E-state index is 11.4. The summed E-state index contributed by atoms with van der Waals surface area (Å²) in [6.45, 7) is 8.16. The van der Waals surface area contributed by atoms with Gasteiger partial charge in [-0.15, -0.1) is 11.8 Å². The van der Waals surface area contributed by atoms with Gasteiger partial charge in [0.2, 0.25) is 5.91 Å². The fourth-order valence-electron chi connectivity index (χ4n) is 1.78. The lowest BCUT2D eigenvalue weighted by Gasteiger charge is -2.08. The largest absolute Gasteiger partial charge is 0.353 e. The van der Waals surface area contributed by atoms with Gasteiger partial charge in [-0.25, -0.2) is 0 Å². The first-order valence-electron chi connectivity index (χ1n) is 5.91. The third-order valence-electron chi connectivity index (χ3n) is 2.23. The van der Waals surface area contributed by atoms with Crippen LogP contribution in [-0.2, 0) is 10.5 Å². The van der Waals surface area contributed by atoms with Crippen LogP contribution >= 0.6 is 11.8 Å². The lowest BCUT2D eigenvalue weighted by atomic mass is 10.1. The molecule has 1 amide bonds. The van der Waals surface area contributed by atoms with Crippen molar-refractivity contribution in [3.8, 4) is 0 Å². The van der Waals surface area contributed by atoms with E-state index in [1.54, 1.807) is 11.8 Å². The minimum absolute atomic E-state index is 0.120. The summed E-state index contributed by atoms with van der Waals surface area (Å²) in [7, 11) is 0. The Morgan fingerprint density at radius 3 is 2.35 bits per heavy atom. The van der Waals surface area contributed by atoms with E-state index < -0.39 is 0 Å². The van der Waals surface area contributed by atoms with Crippen molar-refractivity contribution in [1.82, 2.24) is 5.32 Å². The number of hydrogen-bond donors (Lipinski definition) is 1. The standard InChI is InChI=1S/C14H21NOS/c1-10(2)15-14(16)9-17-8-13-6-11(3)5-12(4)7-13/h5-7,10H,8-9H2,1-4H3,(H,15,16). The molecule has 0 spiro atoms. The van der Waals surface area contributed by atoms with Gasteiger partial charge in [0, 0.05) is 11.8 Å². The van der Waals surface area contributed by atoms with Crippen LogP contribution in [0.5, 0.6) is 0 Å². The zero-order valence-corrected chi connectivity index (χ0v) is 11.9. The maximum Gasteiger partial charge on any atom is 0.230 e. The summed E-state index contributed by atoms with van der Waals surface area (Å²) in [6.07, 6.45) is 0. The Hall–Kier alpha value is -0.960. The third-order valence-corrected chi connectivity index (χ3v) is 3.24. The third kappa shape index (κ3) is 5.78. The number of benzene rings is 1. The molecule has 0 aliphatic carbocycles. The highest BCUT2D eigenvalue weighted by Gasteiger charge is 2.03. The number of amides is 1. The van der Waals surface area contributed by atoms with Gasteiger partial charge < -0.3 is 5.32 Å². The Labute approximate surface area is 108 Å². The number of thioether (sulfide) groups is 1. The highest BCUT2D eigenvalue weighted by molar-refractivity contribution is 7.99. The first-order chi connectivity index (χ1) is 7.97. The lowest BCUT2D eigenvalue weighted by molar-refractivity contribution is -0.119. The molecule has 0 fully saturated rings. The molecular formula is C14H21NOS. The second kappa shape index (κ2) is 6.70. The Morgan fingerprint density at radius 1 is 1.24 bits per heavy atom. The second-order valence-electron chi connectivity index (χ2n) is 4.71. The SMILES string of the molecule is Cc1cc(C)cc(CSCC(=O)NC(C)C)c1. The summed E-state index contributed by atoms with van der Waals surface area (Å²) in [6, 6.07) is 6.75. The Balaban J connectivity index is 2.38. The molecule has 1 aromatic carbocycles. The Bertz CT molecular complexity index is 368. The molecule has 17 heavy (non-hydrogen) atoms. The van der Waals surface area contributed by atoms with Crippen LogP contribution in [-0.4, -0.2) is 17.7 Å². The van der Waals surface area contributed by atoms with E-state index in [1.807, 2.05) is 13.8 Å². The van der Waals surface area contributed by atoms with Crippen molar-refractivity contribution in [1.29, 1.82) is 0 Å². The van der Waals surface area contributed by atoms with E-state index in [9.17, 15) is 4.79 Å². The Kier molecular flexibility index (Phi) is 5.56. The van der Waals surface area contributed by atoms with Crippen molar-refractivity contribution in [3.63, 3.8) is 0 Å². The van der Waals surface area contributed by atoms with E-state index in [1.165, 1.54) is 16.7 Å². The molecule has 0 radical (unpaired) electrons. The van der Waals surface area contributed by atoms with Gasteiger partial charge >= 0.3 is 0 Å². The van der Waals surface area contributed by atoms with Crippen molar-refractivity contribution < 1.29 is 4.79 Å². The first kappa shape index (κ1) is 14.1. The molecule has 2 nitrogen and oxygen atoms in total.